The van der Waals surface area contributed by atoms with Gasteiger partial charge in [0.05, 0.1) is 6.26 Å². The van der Waals surface area contributed by atoms with Crippen molar-refractivity contribution in [1.29, 1.82) is 0 Å². The van der Waals surface area contributed by atoms with Crippen molar-refractivity contribution in [2.75, 3.05) is 0 Å². The highest BCUT2D eigenvalue weighted by atomic mass is 16.3. The van der Waals surface area contributed by atoms with Crippen LogP contribution in [-0.2, 0) is 0 Å². The van der Waals surface area contributed by atoms with Crippen molar-refractivity contribution in [3.63, 3.8) is 0 Å². The van der Waals surface area contributed by atoms with Crippen molar-refractivity contribution in [2.24, 2.45) is 0 Å². The summed E-state index contributed by atoms with van der Waals surface area (Å²) in [4.78, 5) is 0. The molecular formula is C9H10O2. The maximum absolute atomic E-state index is 9.27. The van der Waals surface area contributed by atoms with Gasteiger partial charge in [0, 0.05) is 0 Å². The molecule has 0 aliphatic heterocycles. The number of aliphatic hydroxyl groups excluding tert-OH is 2. The van der Waals surface area contributed by atoms with E-state index < -0.39 is 6.10 Å². The van der Waals surface area contributed by atoms with Crippen LogP contribution in [0.4, 0.5) is 0 Å². The SMILES string of the molecule is OC=CC(O)c1ccccc1. The zero-order valence-electron chi connectivity index (χ0n) is 6.01. The normalized spacial score (nSPS) is 13.5. The van der Waals surface area contributed by atoms with E-state index in [2.05, 4.69) is 0 Å². The van der Waals surface area contributed by atoms with Crippen LogP contribution in [0.5, 0.6) is 0 Å². The summed E-state index contributed by atoms with van der Waals surface area (Å²) in [6, 6.07) is 9.14. The van der Waals surface area contributed by atoms with Crippen LogP contribution in [-0.4, -0.2) is 10.2 Å². The summed E-state index contributed by atoms with van der Waals surface area (Å²) in [5.41, 5.74) is 0.776. The number of rotatable bonds is 2. The van der Waals surface area contributed by atoms with Crippen LogP contribution in [0.3, 0.4) is 0 Å². The molecule has 0 fully saturated rings. The molecule has 0 spiro atoms. The lowest BCUT2D eigenvalue weighted by Crippen LogP contribution is -1.91. The minimum atomic E-state index is -0.707. The van der Waals surface area contributed by atoms with Crippen LogP contribution in [0, 0.1) is 0 Å². The Labute approximate surface area is 65.4 Å². The van der Waals surface area contributed by atoms with Gasteiger partial charge in [0.15, 0.2) is 0 Å². The van der Waals surface area contributed by atoms with Crippen molar-refractivity contribution in [1.82, 2.24) is 0 Å². The third-order valence-electron chi connectivity index (χ3n) is 1.41. The average Bonchev–Trinajstić information content (AvgIpc) is 2.07. The Morgan fingerprint density at radius 1 is 1.18 bits per heavy atom. The van der Waals surface area contributed by atoms with E-state index in [4.69, 9.17) is 5.11 Å². The van der Waals surface area contributed by atoms with E-state index in [0.29, 0.717) is 0 Å². The molecule has 0 bridgehead atoms. The fourth-order valence-corrected chi connectivity index (χ4v) is 0.843. The molecule has 1 unspecified atom stereocenters. The summed E-state index contributed by atoms with van der Waals surface area (Å²) >= 11 is 0. The van der Waals surface area contributed by atoms with Crippen molar-refractivity contribution < 1.29 is 10.2 Å². The fourth-order valence-electron chi connectivity index (χ4n) is 0.843. The van der Waals surface area contributed by atoms with E-state index >= 15 is 0 Å². The second-order valence-electron chi connectivity index (χ2n) is 2.20. The van der Waals surface area contributed by atoms with Gasteiger partial charge in [-0.25, -0.2) is 0 Å². The van der Waals surface area contributed by atoms with Crippen molar-refractivity contribution in [3.05, 3.63) is 48.2 Å². The molecular weight excluding hydrogens is 140 g/mol. The topological polar surface area (TPSA) is 40.5 Å². The lowest BCUT2D eigenvalue weighted by Gasteiger charge is -2.02. The van der Waals surface area contributed by atoms with Crippen LogP contribution in [0.15, 0.2) is 42.7 Å². The van der Waals surface area contributed by atoms with E-state index in [-0.39, 0.29) is 0 Å². The molecule has 0 aliphatic rings. The van der Waals surface area contributed by atoms with Gasteiger partial charge in [0.2, 0.25) is 0 Å². The lowest BCUT2D eigenvalue weighted by atomic mass is 10.1. The minimum Gasteiger partial charge on any atom is -0.516 e. The highest BCUT2D eigenvalue weighted by molar-refractivity contribution is 5.20. The summed E-state index contributed by atoms with van der Waals surface area (Å²) in [7, 11) is 0. The van der Waals surface area contributed by atoms with E-state index in [0.717, 1.165) is 11.8 Å². The molecule has 0 aliphatic carbocycles. The Balaban J connectivity index is 2.76. The molecule has 2 nitrogen and oxygen atoms in total. The zero-order chi connectivity index (χ0) is 8.10. The molecule has 0 aromatic heterocycles. The molecule has 0 amide bonds. The highest BCUT2D eigenvalue weighted by Crippen LogP contribution is 2.12. The van der Waals surface area contributed by atoms with E-state index in [1.54, 1.807) is 12.1 Å². The summed E-state index contributed by atoms with van der Waals surface area (Å²) < 4.78 is 0. The monoisotopic (exact) mass is 150 g/mol. The Morgan fingerprint density at radius 3 is 2.36 bits per heavy atom. The lowest BCUT2D eigenvalue weighted by molar-refractivity contribution is 0.225. The van der Waals surface area contributed by atoms with E-state index in [1.165, 1.54) is 6.08 Å². The molecule has 1 atom stereocenters. The summed E-state index contributed by atoms with van der Waals surface area (Å²) in [5, 5.41) is 17.6. The minimum absolute atomic E-state index is 0.707. The zero-order valence-corrected chi connectivity index (χ0v) is 6.01. The second kappa shape index (κ2) is 3.78. The van der Waals surface area contributed by atoms with Crippen molar-refractivity contribution in [3.8, 4) is 0 Å². The number of benzene rings is 1. The molecule has 0 saturated heterocycles. The molecule has 1 rings (SSSR count). The van der Waals surface area contributed by atoms with Gasteiger partial charge in [-0.1, -0.05) is 30.3 Å². The third-order valence-corrected chi connectivity index (χ3v) is 1.41. The molecule has 2 N–H and O–H groups in total. The summed E-state index contributed by atoms with van der Waals surface area (Å²) in [6.45, 7) is 0. The predicted octanol–water partition coefficient (Wildman–Crippen LogP) is 1.79. The maximum atomic E-state index is 9.27. The van der Waals surface area contributed by atoms with Crippen LogP contribution < -0.4 is 0 Å². The first-order valence-corrected chi connectivity index (χ1v) is 3.38. The van der Waals surface area contributed by atoms with Gasteiger partial charge in [-0.15, -0.1) is 0 Å². The van der Waals surface area contributed by atoms with Crippen molar-refractivity contribution in [2.45, 2.75) is 6.10 Å². The van der Waals surface area contributed by atoms with Gasteiger partial charge in [-0.3, -0.25) is 0 Å². The fraction of sp³-hybridized carbons (Fsp3) is 0.111. The van der Waals surface area contributed by atoms with Crippen LogP contribution in [0.1, 0.15) is 11.7 Å². The highest BCUT2D eigenvalue weighted by Gasteiger charge is 1.99. The first-order chi connectivity index (χ1) is 5.34. The van der Waals surface area contributed by atoms with E-state index in [1.807, 2.05) is 18.2 Å². The van der Waals surface area contributed by atoms with Gasteiger partial charge in [-0.2, -0.15) is 0 Å². The molecule has 1 aromatic carbocycles. The van der Waals surface area contributed by atoms with Gasteiger partial charge < -0.3 is 10.2 Å². The van der Waals surface area contributed by atoms with E-state index in [9.17, 15) is 5.11 Å². The average molecular weight is 150 g/mol. The summed E-state index contributed by atoms with van der Waals surface area (Å²) in [5.74, 6) is 0. The summed E-state index contributed by atoms with van der Waals surface area (Å²) in [6.07, 6.45) is 1.45. The first kappa shape index (κ1) is 7.82. The Hall–Kier alpha value is -1.28. The number of hydrogen-bond donors (Lipinski definition) is 2. The molecule has 58 valence electrons. The quantitative estimate of drug-likeness (QED) is 0.631. The van der Waals surface area contributed by atoms with Gasteiger partial charge in [-0.05, 0) is 11.6 Å². The molecule has 1 aromatic rings. The van der Waals surface area contributed by atoms with Crippen molar-refractivity contribution >= 4 is 0 Å². The first-order valence-electron chi connectivity index (χ1n) is 3.38. The third kappa shape index (κ3) is 2.09. The number of aliphatic hydroxyl groups is 2. The van der Waals surface area contributed by atoms with Gasteiger partial charge in [0.25, 0.3) is 0 Å². The maximum Gasteiger partial charge on any atom is 0.100 e. The van der Waals surface area contributed by atoms with Gasteiger partial charge >= 0.3 is 0 Å². The molecule has 11 heavy (non-hydrogen) atoms. The Kier molecular flexibility index (Phi) is 2.69. The molecule has 0 radical (unpaired) electrons. The van der Waals surface area contributed by atoms with Gasteiger partial charge in [0.1, 0.15) is 6.10 Å². The van der Waals surface area contributed by atoms with Crippen LogP contribution in [0.2, 0.25) is 0 Å². The molecule has 2 heteroatoms. The van der Waals surface area contributed by atoms with Crippen LogP contribution in [0.25, 0.3) is 0 Å². The molecule has 0 heterocycles. The Morgan fingerprint density at radius 2 is 1.82 bits per heavy atom. The largest absolute Gasteiger partial charge is 0.516 e. The smallest absolute Gasteiger partial charge is 0.100 e. The Bertz CT molecular complexity index is 229. The molecule has 0 saturated carbocycles. The second-order valence-corrected chi connectivity index (χ2v) is 2.20. The predicted molar refractivity (Wildman–Crippen MR) is 43.2 cm³/mol. The standard InChI is InChI=1S/C9H10O2/c10-7-6-9(11)8-4-2-1-3-5-8/h1-7,9-11H. The van der Waals surface area contributed by atoms with Crippen LogP contribution >= 0.6 is 0 Å². The number of hydrogen-bond acceptors (Lipinski definition) is 2.